The summed E-state index contributed by atoms with van der Waals surface area (Å²) in [6, 6.07) is 9.02. The molecule has 32 heavy (non-hydrogen) atoms. The molecule has 4 atom stereocenters. The summed E-state index contributed by atoms with van der Waals surface area (Å²) in [6.45, 7) is 8.77. The Bertz CT molecular complexity index is 830. The van der Waals surface area contributed by atoms with E-state index in [4.69, 9.17) is 10.5 Å². The third-order valence-corrected chi connectivity index (χ3v) is 7.38. The van der Waals surface area contributed by atoms with Crippen LogP contribution in [0.5, 0.6) is 0 Å². The number of primary amides is 1. The van der Waals surface area contributed by atoms with Crippen LogP contribution in [0, 0.1) is 17.3 Å². The van der Waals surface area contributed by atoms with Crippen molar-refractivity contribution in [3.63, 3.8) is 0 Å². The topological polar surface area (TPSA) is 92.0 Å². The number of carbonyl (C=O) groups is 1. The quantitative estimate of drug-likeness (QED) is 0.285. The molecule has 7 nitrogen and oxygen atoms in total. The summed E-state index contributed by atoms with van der Waals surface area (Å²) in [6.07, 6.45) is 3.43. The standard InChI is InChI=1S/C24H37N5O2.HI/c1-24(2)20(19-9-11-31-21(19)24)28-23(26-3)27-13-16-6-4-7-17(12-16)14-29-10-5-8-18(15-29)22(25)30;/h4,6-7,12,18-21H,5,8-11,13-15H2,1-3H3,(H2,25,30)(H2,26,27,28);1H. The number of likely N-dealkylation sites (tertiary alicyclic amines) is 1. The van der Waals surface area contributed by atoms with Crippen LogP contribution in [0.2, 0.25) is 0 Å². The summed E-state index contributed by atoms with van der Waals surface area (Å²) >= 11 is 0. The molecule has 4 unspecified atom stereocenters. The number of halogens is 1. The van der Waals surface area contributed by atoms with Gasteiger partial charge in [0.2, 0.25) is 5.91 Å². The molecule has 8 heteroatoms. The highest BCUT2D eigenvalue weighted by molar-refractivity contribution is 14.0. The molecular weight excluding hydrogens is 517 g/mol. The maximum absolute atomic E-state index is 11.6. The van der Waals surface area contributed by atoms with Crippen LogP contribution in [-0.2, 0) is 22.6 Å². The number of nitrogens with two attached hydrogens (primary N) is 1. The molecule has 4 N–H and O–H groups in total. The van der Waals surface area contributed by atoms with Gasteiger partial charge in [-0.3, -0.25) is 14.7 Å². The van der Waals surface area contributed by atoms with E-state index in [1.807, 2.05) is 7.05 Å². The Hall–Kier alpha value is -1.39. The number of guanidine groups is 1. The van der Waals surface area contributed by atoms with Crippen molar-refractivity contribution in [3.8, 4) is 0 Å². The number of benzene rings is 1. The number of ether oxygens (including phenoxy) is 1. The molecule has 0 radical (unpaired) electrons. The Balaban J connectivity index is 0.00000289. The van der Waals surface area contributed by atoms with Crippen molar-refractivity contribution in [1.29, 1.82) is 0 Å². The number of fused-ring (bicyclic) bond motifs is 1. The Kier molecular flexibility index (Phi) is 8.43. The molecule has 1 aromatic rings. The van der Waals surface area contributed by atoms with Crippen LogP contribution in [0.1, 0.15) is 44.2 Å². The highest BCUT2D eigenvalue weighted by Crippen LogP contribution is 2.52. The molecule has 0 aromatic heterocycles. The Morgan fingerprint density at radius 3 is 2.84 bits per heavy atom. The maximum Gasteiger partial charge on any atom is 0.221 e. The smallest absolute Gasteiger partial charge is 0.221 e. The summed E-state index contributed by atoms with van der Waals surface area (Å²) in [7, 11) is 1.82. The fourth-order valence-corrected chi connectivity index (χ4v) is 5.67. The van der Waals surface area contributed by atoms with Crippen molar-refractivity contribution >= 4 is 35.8 Å². The third kappa shape index (κ3) is 5.39. The lowest BCUT2D eigenvalue weighted by Crippen LogP contribution is -2.67. The van der Waals surface area contributed by atoms with Gasteiger partial charge in [-0.15, -0.1) is 24.0 Å². The average molecular weight is 556 g/mol. The van der Waals surface area contributed by atoms with Crippen LogP contribution in [0.25, 0.3) is 0 Å². The van der Waals surface area contributed by atoms with E-state index >= 15 is 0 Å². The lowest BCUT2D eigenvalue weighted by Gasteiger charge is -2.54. The first kappa shape index (κ1) is 25.2. The van der Waals surface area contributed by atoms with Crippen molar-refractivity contribution in [2.45, 2.75) is 58.3 Å². The number of rotatable bonds is 6. The van der Waals surface area contributed by atoms with Gasteiger partial charge in [0.15, 0.2) is 5.96 Å². The van der Waals surface area contributed by atoms with Gasteiger partial charge in [-0.25, -0.2) is 0 Å². The number of aliphatic imine (C=N–C) groups is 1. The lowest BCUT2D eigenvalue weighted by molar-refractivity contribution is -0.123. The summed E-state index contributed by atoms with van der Waals surface area (Å²) < 4.78 is 5.91. The molecule has 3 aliphatic rings. The van der Waals surface area contributed by atoms with E-state index in [-0.39, 0.29) is 41.2 Å². The van der Waals surface area contributed by atoms with E-state index in [9.17, 15) is 4.79 Å². The molecule has 1 aromatic carbocycles. The first-order chi connectivity index (χ1) is 14.9. The minimum Gasteiger partial charge on any atom is -0.377 e. The number of nitrogens with zero attached hydrogens (tertiary/aromatic N) is 2. The zero-order valence-electron chi connectivity index (χ0n) is 19.5. The second-order valence-electron chi connectivity index (χ2n) is 9.91. The van der Waals surface area contributed by atoms with E-state index in [0.717, 1.165) is 58.0 Å². The molecule has 2 aliphatic heterocycles. The van der Waals surface area contributed by atoms with E-state index in [1.54, 1.807) is 0 Å². The van der Waals surface area contributed by atoms with Gasteiger partial charge < -0.3 is 21.1 Å². The van der Waals surface area contributed by atoms with Gasteiger partial charge in [0.25, 0.3) is 0 Å². The first-order valence-corrected chi connectivity index (χ1v) is 11.6. The zero-order chi connectivity index (χ0) is 22.0. The van der Waals surface area contributed by atoms with Gasteiger partial charge in [-0.1, -0.05) is 38.1 Å². The van der Waals surface area contributed by atoms with Crippen LogP contribution >= 0.6 is 24.0 Å². The molecule has 0 bridgehead atoms. The molecule has 1 amide bonds. The fourth-order valence-electron chi connectivity index (χ4n) is 5.67. The molecule has 2 saturated heterocycles. The predicted molar refractivity (Wildman–Crippen MR) is 138 cm³/mol. The van der Waals surface area contributed by atoms with Gasteiger partial charge in [0.1, 0.15) is 0 Å². The number of amides is 1. The van der Waals surface area contributed by atoms with Crippen molar-refractivity contribution in [3.05, 3.63) is 35.4 Å². The SMILES string of the molecule is CN=C(NCc1cccc(CN2CCCC(C(N)=O)C2)c1)NC1C2CCOC2C1(C)C.I. The van der Waals surface area contributed by atoms with Crippen LogP contribution < -0.4 is 16.4 Å². The van der Waals surface area contributed by atoms with Gasteiger partial charge in [-0.05, 0) is 36.9 Å². The van der Waals surface area contributed by atoms with Crippen molar-refractivity contribution < 1.29 is 9.53 Å². The molecule has 3 fully saturated rings. The predicted octanol–water partition coefficient (Wildman–Crippen LogP) is 2.48. The highest BCUT2D eigenvalue weighted by atomic mass is 127. The average Bonchev–Trinajstić information content (AvgIpc) is 3.21. The molecule has 1 aliphatic carbocycles. The number of nitrogens with one attached hydrogen (secondary N) is 2. The van der Waals surface area contributed by atoms with Gasteiger partial charge in [0.05, 0.1) is 12.0 Å². The van der Waals surface area contributed by atoms with E-state index in [0.29, 0.717) is 18.1 Å². The van der Waals surface area contributed by atoms with Crippen molar-refractivity contribution in [2.24, 2.45) is 28.0 Å². The first-order valence-electron chi connectivity index (χ1n) is 11.6. The molecule has 4 rings (SSSR count). The summed E-state index contributed by atoms with van der Waals surface area (Å²) in [5.74, 6) is 1.22. The third-order valence-electron chi connectivity index (χ3n) is 7.38. The van der Waals surface area contributed by atoms with E-state index in [2.05, 4.69) is 58.6 Å². The summed E-state index contributed by atoms with van der Waals surface area (Å²) in [5.41, 5.74) is 8.13. The van der Waals surface area contributed by atoms with Gasteiger partial charge >= 0.3 is 0 Å². The monoisotopic (exact) mass is 555 g/mol. The summed E-state index contributed by atoms with van der Waals surface area (Å²) in [5, 5.41) is 7.12. The summed E-state index contributed by atoms with van der Waals surface area (Å²) in [4.78, 5) is 18.3. The normalized spacial score (nSPS) is 29.4. The zero-order valence-corrected chi connectivity index (χ0v) is 21.8. The van der Waals surface area contributed by atoms with E-state index in [1.165, 1.54) is 11.1 Å². The van der Waals surface area contributed by atoms with Gasteiger partial charge in [-0.2, -0.15) is 0 Å². The van der Waals surface area contributed by atoms with Gasteiger partial charge in [0, 0.05) is 50.7 Å². The Labute approximate surface area is 208 Å². The van der Waals surface area contributed by atoms with Crippen LogP contribution in [-0.4, -0.2) is 55.7 Å². The van der Waals surface area contributed by atoms with E-state index < -0.39 is 0 Å². The second kappa shape index (κ2) is 10.7. The molecular formula is C24H38IN5O2. The molecule has 2 heterocycles. The van der Waals surface area contributed by atoms with Crippen LogP contribution in [0.4, 0.5) is 0 Å². The largest absolute Gasteiger partial charge is 0.377 e. The van der Waals surface area contributed by atoms with Crippen LogP contribution in [0.3, 0.4) is 0 Å². The second-order valence-corrected chi connectivity index (χ2v) is 9.91. The maximum atomic E-state index is 11.6. The van der Waals surface area contributed by atoms with Crippen molar-refractivity contribution in [1.82, 2.24) is 15.5 Å². The lowest BCUT2D eigenvalue weighted by atomic mass is 9.57. The number of hydrogen-bond donors (Lipinski definition) is 3. The Morgan fingerprint density at radius 2 is 2.09 bits per heavy atom. The van der Waals surface area contributed by atoms with Crippen LogP contribution in [0.15, 0.2) is 29.3 Å². The van der Waals surface area contributed by atoms with Crippen molar-refractivity contribution in [2.75, 3.05) is 26.7 Å². The molecule has 1 saturated carbocycles. The highest BCUT2D eigenvalue weighted by Gasteiger charge is 2.59. The minimum absolute atomic E-state index is 0. The molecule has 0 spiro atoms. The Morgan fingerprint density at radius 1 is 1.31 bits per heavy atom. The number of carbonyl (C=O) groups excluding carboxylic acids is 1. The fraction of sp³-hybridized carbons (Fsp3) is 0.667. The number of piperidine rings is 1. The number of hydrogen-bond acceptors (Lipinski definition) is 4. The molecule has 178 valence electrons. The minimum atomic E-state index is -0.174.